The molecule has 0 aliphatic carbocycles. The Morgan fingerprint density at radius 1 is 1.27 bits per heavy atom. The summed E-state index contributed by atoms with van der Waals surface area (Å²) in [6, 6.07) is 11.4. The number of hydrazone groups is 1. The maximum Gasteiger partial charge on any atom is 0.294 e. The maximum absolute atomic E-state index is 12.7. The van der Waals surface area contributed by atoms with E-state index < -0.39 is 5.91 Å². The van der Waals surface area contributed by atoms with Crippen LogP contribution in [0.25, 0.3) is 16.4 Å². The molecule has 0 spiro atoms. The van der Waals surface area contributed by atoms with Gasteiger partial charge in [-0.1, -0.05) is 23.4 Å². The van der Waals surface area contributed by atoms with Crippen LogP contribution >= 0.6 is 11.3 Å². The molecule has 1 amide bonds. The fourth-order valence-corrected chi connectivity index (χ4v) is 3.39. The van der Waals surface area contributed by atoms with Crippen LogP contribution in [0.3, 0.4) is 0 Å². The van der Waals surface area contributed by atoms with Gasteiger partial charge >= 0.3 is 0 Å². The number of nitrogens with two attached hydrogens (primary N) is 1. The molecule has 11 nitrogen and oxygen atoms in total. The molecule has 152 valence electrons. The lowest BCUT2D eigenvalue weighted by Gasteiger charge is -2.11. The highest BCUT2D eigenvalue weighted by molar-refractivity contribution is 7.13. The molecule has 0 atom stereocenters. The largest absolute Gasteiger partial charge is 0.378 e. The van der Waals surface area contributed by atoms with E-state index in [1.54, 1.807) is 6.21 Å². The lowest BCUT2D eigenvalue weighted by Crippen LogP contribution is -2.19. The van der Waals surface area contributed by atoms with Crippen LogP contribution in [0.4, 0.5) is 11.5 Å². The SMILES string of the molecule is CN(C)c1ccc(/C=N/NC(=O)c2nnn(-c3nonc3N)c2-c2cccs2)cc1. The summed E-state index contributed by atoms with van der Waals surface area (Å²) in [5, 5.41) is 21.2. The molecule has 0 saturated heterocycles. The first-order chi connectivity index (χ1) is 14.5. The summed E-state index contributed by atoms with van der Waals surface area (Å²) in [6.07, 6.45) is 1.55. The second-order valence-corrected chi connectivity index (χ2v) is 7.28. The summed E-state index contributed by atoms with van der Waals surface area (Å²) in [4.78, 5) is 15.5. The molecular formula is C18H17N9O2S. The van der Waals surface area contributed by atoms with Crippen LogP contribution in [0.15, 0.2) is 51.5 Å². The van der Waals surface area contributed by atoms with Crippen molar-refractivity contribution in [2.75, 3.05) is 24.7 Å². The Morgan fingerprint density at radius 2 is 2.07 bits per heavy atom. The molecule has 3 aromatic heterocycles. The molecule has 0 unspecified atom stereocenters. The van der Waals surface area contributed by atoms with Crippen LogP contribution in [-0.4, -0.2) is 51.5 Å². The van der Waals surface area contributed by atoms with Gasteiger partial charge in [0.25, 0.3) is 5.91 Å². The molecule has 30 heavy (non-hydrogen) atoms. The van der Waals surface area contributed by atoms with Gasteiger partial charge in [-0.2, -0.15) is 9.78 Å². The van der Waals surface area contributed by atoms with E-state index in [4.69, 9.17) is 5.73 Å². The Balaban J connectivity index is 1.58. The number of carbonyl (C=O) groups excluding carboxylic acids is 1. The molecule has 3 N–H and O–H groups in total. The average molecular weight is 423 g/mol. The van der Waals surface area contributed by atoms with Crippen molar-refractivity contribution in [3.05, 3.63) is 53.0 Å². The van der Waals surface area contributed by atoms with Crippen molar-refractivity contribution in [2.45, 2.75) is 0 Å². The first-order valence-electron chi connectivity index (χ1n) is 8.73. The first kappa shape index (κ1) is 19.3. The summed E-state index contributed by atoms with van der Waals surface area (Å²) in [7, 11) is 3.93. The standard InChI is InChI=1S/C18H17N9O2S/c1-26(2)12-7-5-11(6-8-12)10-20-22-18(28)14-15(13-4-3-9-30-13)27(25-21-14)17-16(19)23-29-24-17/h3-10H,1-2H3,(H2,19,23)(H,22,28)/b20-10+. The highest BCUT2D eigenvalue weighted by atomic mass is 32.1. The Morgan fingerprint density at radius 3 is 2.70 bits per heavy atom. The van der Waals surface area contributed by atoms with Gasteiger partial charge in [0.2, 0.25) is 11.6 Å². The third-order valence-electron chi connectivity index (χ3n) is 4.13. The Bertz CT molecular complexity index is 1180. The van der Waals surface area contributed by atoms with Crippen LogP contribution < -0.4 is 16.1 Å². The van der Waals surface area contributed by atoms with Crippen molar-refractivity contribution in [1.29, 1.82) is 0 Å². The minimum Gasteiger partial charge on any atom is -0.378 e. The van der Waals surface area contributed by atoms with Gasteiger partial charge in [-0.15, -0.1) is 16.4 Å². The molecule has 4 rings (SSSR count). The van der Waals surface area contributed by atoms with Crippen LogP contribution in [0.2, 0.25) is 0 Å². The normalized spacial score (nSPS) is 11.1. The van der Waals surface area contributed by atoms with E-state index in [1.165, 1.54) is 16.0 Å². The van der Waals surface area contributed by atoms with Gasteiger partial charge in [0.05, 0.1) is 11.1 Å². The zero-order valence-electron chi connectivity index (χ0n) is 16.1. The van der Waals surface area contributed by atoms with E-state index in [1.807, 2.05) is 60.8 Å². The number of thiophene rings is 1. The third-order valence-corrected chi connectivity index (χ3v) is 5.00. The number of nitrogens with zero attached hydrogens (tertiary/aromatic N) is 7. The van der Waals surface area contributed by atoms with Crippen molar-refractivity contribution in [3.8, 4) is 16.4 Å². The number of amides is 1. The van der Waals surface area contributed by atoms with Crippen molar-refractivity contribution in [2.24, 2.45) is 5.10 Å². The molecular weight excluding hydrogens is 406 g/mol. The molecule has 3 heterocycles. The number of carbonyl (C=O) groups is 1. The second kappa shape index (κ2) is 8.13. The topological polar surface area (TPSA) is 140 Å². The van der Waals surface area contributed by atoms with Crippen LogP contribution in [-0.2, 0) is 0 Å². The first-order valence-corrected chi connectivity index (χ1v) is 9.61. The van der Waals surface area contributed by atoms with E-state index in [2.05, 4.69) is 35.8 Å². The number of aromatic nitrogens is 5. The molecule has 0 bridgehead atoms. The van der Waals surface area contributed by atoms with Gasteiger partial charge in [0, 0.05) is 19.8 Å². The van der Waals surface area contributed by atoms with E-state index in [0.29, 0.717) is 5.69 Å². The number of hydrogen-bond acceptors (Lipinski definition) is 10. The lowest BCUT2D eigenvalue weighted by atomic mass is 10.2. The number of rotatable bonds is 6. The third kappa shape index (κ3) is 3.75. The highest BCUT2D eigenvalue weighted by Crippen LogP contribution is 2.29. The van der Waals surface area contributed by atoms with Crippen LogP contribution in [0, 0.1) is 0 Å². The van der Waals surface area contributed by atoms with Crippen molar-refractivity contribution >= 4 is 35.0 Å². The zero-order chi connectivity index (χ0) is 21.1. The Hall–Kier alpha value is -4.06. The summed E-state index contributed by atoms with van der Waals surface area (Å²) < 4.78 is 5.96. The Labute approximate surface area is 174 Å². The monoisotopic (exact) mass is 423 g/mol. The fourth-order valence-electron chi connectivity index (χ4n) is 2.63. The molecule has 0 fully saturated rings. The minimum absolute atomic E-state index is 0.0313. The van der Waals surface area contributed by atoms with E-state index in [-0.39, 0.29) is 17.3 Å². The van der Waals surface area contributed by atoms with E-state index in [9.17, 15) is 4.79 Å². The molecule has 4 aromatic rings. The number of hydrogen-bond donors (Lipinski definition) is 2. The average Bonchev–Trinajstić information content (AvgIpc) is 3.48. The van der Waals surface area contributed by atoms with Gasteiger partial charge < -0.3 is 10.6 Å². The van der Waals surface area contributed by atoms with Crippen molar-refractivity contribution in [1.82, 2.24) is 30.7 Å². The predicted molar refractivity (Wildman–Crippen MR) is 113 cm³/mol. The van der Waals surface area contributed by atoms with Gasteiger partial charge in [-0.25, -0.2) is 10.1 Å². The van der Waals surface area contributed by atoms with Gasteiger partial charge in [-0.05, 0) is 39.5 Å². The Kier molecular flexibility index (Phi) is 5.22. The fraction of sp³-hybridized carbons (Fsp3) is 0.111. The highest BCUT2D eigenvalue weighted by Gasteiger charge is 2.25. The van der Waals surface area contributed by atoms with Gasteiger partial charge in [0.1, 0.15) is 5.69 Å². The molecule has 0 aliphatic heterocycles. The van der Waals surface area contributed by atoms with Crippen LogP contribution in [0.5, 0.6) is 0 Å². The van der Waals surface area contributed by atoms with Crippen LogP contribution in [0.1, 0.15) is 16.1 Å². The van der Waals surface area contributed by atoms with Gasteiger partial charge in [0.15, 0.2) is 5.69 Å². The number of nitrogens with one attached hydrogen (secondary N) is 1. The van der Waals surface area contributed by atoms with Crippen molar-refractivity contribution < 1.29 is 9.42 Å². The van der Waals surface area contributed by atoms with E-state index in [0.717, 1.165) is 16.1 Å². The smallest absolute Gasteiger partial charge is 0.294 e. The molecule has 0 saturated carbocycles. The number of anilines is 2. The van der Waals surface area contributed by atoms with E-state index >= 15 is 0 Å². The molecule has 0 aliphatic rings. The summed E-state index contributed by atoms with van der Waals surface area (Å²) in [6.45, 7) is 0. The summed E-state index contributed by atoms with van der Waals surface area (Å²) in [5.41, 5.74) is 10.6. The molecule has 12 heteroatoms. The minimum atomic E-state index is -0.527. The van der Waals surface area contributed by atoms with Crippen molar-refractivity contribution in [3.63, 3.8) is 0 Å². The number of nitrogen functional groups attached to an aromatic ring is 1. The summed E-state index contributed by atoms with van der Waals surface area (Å²) in [5.74, 6) is -0.348. The number of benzene rings is 1. The summed E-state index contributed by atoms with van der Waals surface area (Å²) >= 11 is 1.41. The quantitative estimate of drug-likeness (QED) is 0.353. The second-order valence-electron chi connectivity index (χ2n) is 6.33. The molecule has 1 aromatic carbocycles. The zero-order valence-corrected chi connectivity index (χ0v) is 16.9. The lowest BCUT2D eigenvalue weighted by molar-refractivity contribution is 0.0951. The molecule has 0 radical (unpaired) electrons. The maximum atomic E-state index is 12.7. The predicted octanol–water partition coefficient (Wildman–Crippen LogP) is 1.79. The van der Waals surface area contributed by atoms with Gasteiger partial charge in [-0.3, -0.25) is 4.79 Å².